The average molecular weight is 398 g/mol. The van der Waals surface area contributed by atoms with Gasteiger partial charge in [0, 0.05) is 6.54 Å². The van der Waals surface area contributed by atoms with Crippen molar-refractivity contribution >= 4 is 49.0 Å². The zero-order valence-corrected chi connectivity index (χ0v) is 17.0. The van der Waals surface area contributed by atoms with Crippen LogP contribution in [0.15, 0.2) is 41.4 Å². The van der Waals surface area contributed by atoms with E-state index in [2.05, 4.69) is 28.4 Å². The number of carbonyl (C=O) groups excluding carboxylic acids is 1. The minimum atomic E-state index is -0.302. The van der Waals surface area contributed by atoms with E-state index in [0.29, 0.717) is 9.81 Å². The van der Waals surface area contributed by atoms with E-state index in [0.717, 1.165) is 44.7 Å². The molecule has 0 aliphatic rings. The predicted molar refractivity (Wildman–Crippen MR) is 111 cm³/mol. The van der Waals surface area contributed by atoms with Crippen molar-refractivity contribution in [1.29, 1.82) is 0 Å². The molecule has 1 amide bonds. The summed E-state index contributed by atoms with van der Waals surface area (Å²) in [6.07, 6.45) is 0.936. The molecule has 138 valence electrons. The number of para-hydroxylation sites is 1. The van der Waals surface area contributed by atoms with E-state index in [1.54, 1.807) is 7.11 Å². The van der Waals surface area contributed by atoms with Crippen molar-refractivity contribution in [1.82, 2.24) is 9.55 Å². The lowest BCUT2D eigenvalue weighted by molar-refractivity contribution is 0.0997. The Hall–Kier alpha value is -2.51. The van der Waals surface area contributed by atoms with Crippen molar-refractivity contribution in [2.24, 2.45) is 4.99 Å². The van der Waals surface area contributed by atoms with Gasteiger partial charge >= 0.3 is 5.91 Å². The Bertz CT molecular complexity index is 1180. The molecule has 0 unspecified atom stereocenters. The highest BCUT2D eigenvalue weighted by molar-refractivity contribution is 7.20. The molecule has 0 N–H and O–H groups in total. The van der Waals surface area contributed by atoms with Crippen molar-refractivity contribution in [3.63, 3.8) is 0 Å². The summed E-state index contributed by atoms with van der Waals surface area (Å²) in [7, 11) is 1.67. The van der Waals surface area contributed by atoms with Gasteiger partial charge < -0.3 is 9.30 Å². The van der Waals surface area contributed by atoms with Gasteiger partial charge in [-0.15, -0.1) is 11.3 Å². The van der Waals surface area contributed by atoms with Gasteiger partial charge in [-0.3, -0.25) is 4.79 Å². The molecule has 0 bridgehead atoms. The molecule has 2 aromatic heterocycles. The van der Waals surface area contributed by atoms with Crippen LogP contribution >= 0.6 is 22.7 Å². The number of aryl methyl sites for hydroxylation is 2. The lowest BCUT2D eigenvalue weighted by Crippen LogP contribution is -2.17. The van der Waals surface area contributed by atoms with E-state index in [4.69, 9.17) is 4.74 Å². The molecule has 7 heteroatoms. The molecule has 2 aromatic carbocycles. The van der Waals surface area contributed by atoms with Crippen molar-refractivity contribution in [3.05, 3.63) is 51.8 Å². The minimum Gasteiger partial charge on any atom is -0.495 e. The largest absolute Gasteiger partial charge is 0.495 e. The number of thiazole rings is 2. The van der Waals surface area contributed by atoms with Crippen LogP contribution in [-0.2, 0) is 6.54 Å². The lowest BCUT2D eigenvalue weighted by atomic mass is 10.2. The molecular formula is C20H19N3O2S2. The highest BCUT2D eigenvalue weighted by Gasteiger charge is 2.16. The third-order valence-electron chi connectivity index (χ3n) is 4.33. The van der Waals surface area contributed by atoms with Crippen LogP contribution in [0.5, 0.6) is 5.75 Å². The van der Waals surface area contributed by atoms with Crippen LogP contribution in [0.1, 0.15) is 28.7 Å². The molecule has 27 heavy (non-hydrogen) atoms. The highest BCUT2D eigenvalue weighted by atomic mass is 32.1. The second-order valence-electron chi connectivity index (χ2n) is 6.20. The first-order valence-electron chi connectivity index (χ1n) is 8.74. The number of hydrogen-bond donors (Lipinski definition) is 0. The molecule has 4 rings (SSSR count). The molecule has 0 atom stereocenters. The normalized spacial score (nSPS) is 12.2. The van der Waals surface area contributed by atoms with Gasteiger partial charge in [0.05, 0.1) is 22.0 Å². The zero-order valence-electron chi connectivity index (χ0n) is 15.4. The molecule has 5 nitrogen and oxygen atoms in total. The quantitative estimate of drug-likeness (QED) is 0.498. The molecule has 0 fully saturated rings. The maximum Gasteiger partial charge on any atom is 0.308 e. The van der Waals surface area contributed by atoms with Crippen LogP contribution in [0.2, 0.25) is 0 Å². The molecule has 0 saturated heterocycles. The van der Waals surface area contributed by atoms with Crippen LogP contribution in [0, 0.1) is 6.92 Å². The van der Waals surface area contributed by atoms with Gasteiger partial charge in [-0.25, -0.2) is 4.98 Å². The SMILES string of the molecule is CCCn1c(=NC(=O)c2nc3ccccc3s2)sc2c(C)ccc(OC)c21. The number of aromatic nitrogens is 2. The summed E-state index contributed by atoms with van der Waals surface area (Å²) in [4.78, 5) is 22.4. The predicted octanol–water partition coefficient (Wildman–Crippen LogP) is 4.78. The van der Waals surface area contributed by atoms with Crippen molar-refractivity contribution in [3.8, 4) is 5.75 Å². The van der Waals surface area contributed by atoms with E-state index < -0.39 is 0 Å². The Kier molecular flexibility index (Phi) is 4.80. The Morgan fingerprint density at radius 3 is 2.78 bits per heavy atom. The van der Waals surface area contributed by atoms with E-state index in [9.17, 15) is 4.79 Å². The van der Waals surface area contributed by atoms with Crippen molar-refractivity contribution in [2.45, 2.75) is 26.8 Å². The molecular weight excluding hydrogens is 378 g/mol. The standard InChI is InChI=1S/C20H19N3O2S2/c1-4-11-23-16-14(25-3)10-9-12(2)17(16)27-20(23)22-18(24)19-21-13-7-5-6-8-15(13)26-19/h5-10H,4,11H2,1-3H3. The smallest absolute Gasteiger partial charge is 0.308 e. The summed E-state index contributed by atoms with van der Waals surface area (Å²) >= 11 is 2.90. The first-order valence-corrected chi connectivity index (χ1v) is 10.4. The summed E-state index contributed by atoms with van der Waals surface area (Å²) in [6, 6.07) is 11.7. The maximum atomic E-state index is 12.8. The third kappa shape index (κ3) is 3.17. The number of nitrogens with zero attached hydrogens (tertiary/aromatic N) is 3. The number of hydrogen-bond acceptors (Lipinski definition) is 5. The Labute approximate surface area is 164 Å². The molecule has 0 aliphatic heterocycles. The minimum absolute atomic E-state index is 0.302. The van der Waals surface area contributed by atoms with Crippen LogP contribution in [0.4, 0.5) is 0 Å². The first-order chi connectivity index (χ1) is 13.1. The summed E-state index contributed by atoms with van der Waals surface area (Å²) in [5, 5.41) is 0.417. The Morgan fingerprint density at radius 1 is 1.22 bits per heavy atom. The Morgan fingerprint density at radius 2 is 2.04 bits per heavy atom. The van der Waals surface area contributed by atoms with E-state index in [1.807, 2.05) is 36.4 Å². The molecule has 0 radical (unpaired) electrons. The number of carbonyl (C=O) groups is 1. The molecule has 4 aromatic rings. The van der Waals surface area contributed by atoms with Gasteiger partial charge in [-0.1, -0.05) is 36.5 Å². The zero-order chi connectivity index (χ0) is 19.0. The fraction of sp³-hybridized carbons (Fsp3) is 0.250. The monoisotopic (exact) mass is 397 g/mol. The number of rotatable bonds is 4. The summed E-state index contributed by atoms with van der Waals surface area (Å²) in [5.41, 5.74) is 2.98. The summed E-state index contributed by atoms with van der Waals surface area (Å²) in [5.74, 6) is 0.499. The van der Waals surface area contributed by atoms with Crippen molar-refractivity contribution in [2.75, 3.05) is 7.11 Å². The fourth-order valence-electron chi connectivity index (χ4n) is 3.06. The van der Waals surface area contributed by atoms with Crippen molar-refractivity contribution < 1.29 is 9.53 Å². The van der Waals surface area contributed by atoms with Gasteiger partial charge in [0.2, 0.25) is 0 Å². The Balaban J connectivity index is 1.90. The van der Waals surface area contributed by atoms with Crippen LogP contribution in [0.25, 0.3) is 20.4 Å². The average Bonchev–Trinajstić information content (AvgIpc) is 3.26. The lowest BCUT2D eigenvalue weighted by Gasteiger charge is -2.08. The third-order valence-corrected chi connectivity index (χ3v) is 6.56. The van der Waals surface area contributed by atoms with E-state index >= 15 is 0 Å². The number of fused-ring (bicyclic) bond motifs is 2. The van der Waals surface area contributed by atoms with Gasteiger partial charge in [-0.2, -0.15) is 4.99 Å². The summed E-state index contributed by atoms with van der Waals surface area (Å²) in [6.45, 7) is 4.94. The number of ether oxygens (including phenoxy) is 1. The van der Waals surface area contributed by atoms with E-state index in [1.165, 1.54) is 22.7 Å². The second kappa shape index (κ2) is 7.25. The van der Waals surface area contributed by atoms with Gasteiger partial charge in [0.15, 0.2) is 9.81 Å². The second-order valence-corrected chi connectivity index (χ2v) is 8.21. The summed E-state index contributed by atoms with van der Waals surface area (Å²) < 4.78 is 9.73. The number of methoxy groups -OCH3 is 1. The highest BCUT2D eigenvalue weighted by Crippen LogP contribution is 2.30. The molecule has 0 spiro atoms. The molecule has 0 saturated carbocycles. The maximum absolute atomic E-state index is 12.8. The van der Waals surface area contributed by atoms with E-state index in [-0.39, 0.29) is 5.91 Å². The van der Waals surface area contributed by atoms with Gasteiger partial charge in [0.1, 0.15) is 11.3 Å². The fourth-order valence-corrected chi connectivity index (χ4v) is 5.05. The van der Waals surface area contributed by atoms with Crippen LogP contribution in [0.3, 0.4) is 0 Å². The van der Waals surface area contributed by atoms with Gasteiger partial charge in [-0.05, 0) is 37.1 Å². The number of amides is 1. The topological polar surface area (TPSA) is 56.5 Å². The van der Waals surface area contributed by atoms with Crippen LogP contribution in [-0.4, -0.2) is 22.6 Å². The van der Waals surface area contributed by atoms with Crippen LogP contribution < -0.4 is 9.54 Å². The molecule has 2 heterocycles. The first kappa shape index (κ1) is 17.9. The van der Waals surface area contributed by atoms with Gasteiger partial charge in [0.25, 0.3) is 0 Å². The number of benzene rings is 2. The molecule has 0 aliphatic carbocycles.